The normalized spacial score (nSPS) is 24.9. The second-order valence-corrected chi connectivity index (χ2v) is 6.10. The zero-order valence-electron chi connectivity index (χ0n) is 13.0. The van der Waals surface area contributed by atoms with Crippen LogP contribution in [0.4, 0.5) is 0 Å². The van der Waals surface area contributed by atoms with Crippen LogP contribution in [-0.4, -0.2) is 61.1 Å². The molecule has 4 nitrogen and oxygen atoms in total. The van der Waals surface area contributed by atoms with Gasteiger partial charge in [-0.05, 0) is 65.2 Å². The Labute approximate surface area is 123 Å². The molecule has 0 saturated carbocycles. The molecule has 0 aromatic rings. The standard InChI is InChI=1S/C16H30N2O2/c1-2-20-16(19)8-4-7-10-17-13-9-15(14-17)18-11-5-3-6-12-18/h15H,2-14H2,1H3/t15-/m0/s1. The third-order valence-corrected chi connectivity index (χ3v) is 4.57. The van der Waals surface area contributed by atoms with Crippen LogP contribution in [-0.2, 0) is 9.53 Å². The Morgan fingerprint density at radius 2 is 1.95 bits per heavy atom. The van der Waals surface area contributed by atoms with Crippen LogP contribution in [0, 0.1) is 0 Å². The van der Waals surface area contributed by atoms with Crippen LogP contribution in [0.2, 0.25) is 0 Å². The van der Waals surface area contributed by atoms with Gasteiger partial charge in [-0.15, -0.1) is 0 Å². The minimum atomic E-state index is -0.0416. The molecule has 0 bridgehead atoms. The van der Waals surface area contributed by atoms with E-state index in [-0.39, 0.29) is 5.97 Å². The summed E-state index contributed by atoms with van der Waals surface area (Å²) in [6.45, 7) is 8.60. The Morgan fingerprint density at radius 3 is 2.70 bits per heavy atom. The van der Waals surface area contributed by atoms with E-state index in [9.17, 15) is 4.79 Å². The van der Waals surface area contributed by atoms with E-state index in [0.717, 1.165) is 25.4 Å². The lowest BCUT2D eigenvalue weighted by molar-refractivity contribution is -0.143. The van der Waals surface area contributed by atoms with Crippen molar-refractivity contribution in [1.29, 1.82) is 0 Å². The lowest BCUT2D eigenvalue weighted by Gasteiger charge is -2.32. The average Bonchev–Trinajstić information content (AvgIpc) is 2.94. The first kappa shape index (κ1) is 15.8. The van der Waals surface area contributed by atoms with Crippen LogP contribution in [0.1, 0.15) is 51.9 Å². The molecule has 0 amide bonds. The number of hydrogen-bond donors (Lipinski definition) is 0. The Balaban J connectivity index is 1.55. The minimum Gasteiger partial charge on any atom is -0.466 e. The van der Waals surface area contributed by atoms with Crippen molar-refractivity contribution in [3.63, 3.8) is 0 Å². The Kier molecular flexibility index (Phi) is 6.80. The summed E-state index contributed by atoms with van der Waals surface area (Å²) in [5.41, 5.74) is 0. The van der Waals surface area contributed by atoms with Crippen LogP contribution < -0.4 is 0 Å². The van der Waals surface area contributed by atoms with Gasteiger partial charge < -0.3 is 9.64 Å². The number of ether oxygens (including phenoxy) is 1. The van der Waals surface area contributed by atoms with Gasteiger partial charge in [0, 0.05) is 19.0 Å². The molecule has 2 heterocycles. The first-order chi connectivity index (χ1) is 9.79. The number of unbranched alkanes of at least 4 members (excludes halogenated alkanes) is 1. The molecule has 1 atom stereocenters. The van der Waals surface area contributed by atoms with Crippen LogP contribution >= 0.6 is 0 Å². The molecule has 2 aliphatic heterocycles. The Bertz CT molecular complexity index is 290. The van der Waals surface area contributed by atoms with Crippen molar-refractivity contribution in [2.45, 2.75) is 57.9 Å². The fraction of sp³-hybridized carbons (Fsp3) is 0.938. The summed E-state index contributed by atoms with van der Waals surface area (Å²) in [5.74, 6) is -0.0416. The number of esters is 1. The number of piperidine rings is 1. The summed E-state index contributed by atoms with van der Waals surface area (Å²) in [7, 11) is 0. The van der Waals surface area contributed by atoms with Gasteiger partial charge in [0.25, 0.3) is 0 Å². The molecule has 0 aliphatic carbocycles. The van der Waals surface area contributed by atoms with Gasteiger partial charge in [0.05, 0.1) is 6.61 Å². The molecule has 0 radical (unpaired) electrons. The number of carbonyl (C=O) groups excluding carboxylic acids is 1. The van der Waals surface area contributed by atoms with Crippen molar-refractivity contribution in [3.8, 4) is 0 Å². The predicted octanol–water partition coefficient (Wildman–Crippen LogP) is 2.28. The van der Waals surface area contributed by atoms with Crippen LogP contribution in [0.15, 0.2) is 0 Å². The summed E-state index contributed by atoms with van der Waals surface area (Å²) in [6, 6.07) is 0.792. The average molecular weight is 282 g/mol. The maximum atomic E-state index is 11.3. The topological polar surface area (TPSA) is 32.8 Å². The largest absolute Gasteiger partial charge is 0.466 e. The molecule has 4 heteroatoms. The number of carbonyl (C=O) groups is 1. The molecule has 20 heavy (non-hydrogen) atoms. The first-order valence-electron chi connectivity index (χ1n) is 8.41. The number of rotatable bonds is 7. The SMILES string of the molecule is CCOC(=O)CCCCN1CC[C@H](N2CCCCC2)C1. The highest BCUT2D eigenvalue weighted by molar-refractivity contribution is 5.69. The van der Waals surface area contributed by atoms with E-state index in [2.05, 4.69) is 9.80 Å². The quantitative estimate of drug-likeness (QED) is 0.530. The highest BCUT2D eigenvalue weighted by atomic mass is 16.5. The van der Waals surface area contributed by atoms with Crippen molar-refractivity contribution >= 4 is 5.97 Å². The molecule has 2 rings (SSSR count). The second-order valence-electron chi connectivity index (χ2n) is 6.10. The fourth-order valence-electron chi connectivity index (χ4n) is 3.43. The van der Waals surface area contributed by atoms with E-state index in [4.69, 9.17) is 4.74 Å². The summed E-state index contributed by atoms with van der Waals surface area (Å²) in [6.07, 6.45) is 8.18. The number of hydrogen-bond acceptors (Lipinski definition) is 4. The summed E-state index contributed by atoms with van der Waals surface area (Å²) < 4.78 is 4.95. The van der Waals surface area contributed by atoms with Crippen molar-refractivity contribution in [3.05, 3.63) is 0 Å². The van der Waals surface area contributed by atoms with Gasteiger partial charge in [-0.3, -0.25) is 9.69 Å². The lowest BCUT2D eigenvalue weighted by Crippen LogP contribution is -2.40. The van der Waals surface area contributed by atoms with Gasteiger partial charge >= 0.3 is 5.97 Å². The van der Waals surface area contributed by atoms with E-state index in [1.807, 2.05) is 6.92 Å². The molecule has 2 fully saturated rings. The third kappa shape index (κ3) is 5.06. The minimum absolute atomic E-state index is 0.0416. The van der Waals surface area contributed by atoms with Gasteiger partial charge in [0.1, 0.15) is 0 Å². The second kappa shape index (κ2) is 8.63. The van der Waals surface area contributed by atoms with Gasteiger partial charge in [-0.1, -0.05) is 6.42 Å². The fourth-order valence-corrected chi connectivity index (χ4v) is 3.43. The molecule has 0 unspecified atom stereocenters. The van der Waals surface area contributed by atoms with Crippen LogP contribution in [0.5, 0.6) is 0 Å². The van der Waals surface area contributed by atoms with E-state index >= 15 is 0 Å². The van der Waals surface area contributed by atoms with Crippen molar-refractivity contribution < 1.29 is 9.53 Å². The zero-order valence-corrected chi connectivity index (χ0v) is 13.0. The maximum absolute atomic E-state index is 11.3. The molecule has 0 spiro atoms. The third-order valence-electron chi connectivity index (χ3n) is 4.57. The van der Waals surface area contributed by atoms with E-state index in [0.29, 0.717) is 13.0 Å². The molecule has 0 aromatic heterocycles. The molecular formula is C16H30N2O2. The van der Waals surface area contributed by atoms with Gasteiger partial charge in [0.2, 0.25) is 0 Å². The smallest absolute Gasteiger partial charge is 0.305 e. The number of nitrogens with zero attached hydrogens (tertiary/aromatic N) is 2. The number of likely N-dealkylation sites (tertiary alicyclic amines) is 2. The zero-order chi connectivity index (χ0) is 14.2. The monoisotopic (exact) mass is 282 g/mol. The van der Waals surface area contributed by atoms with Crippen LogP contribution in [0.3, 0.4) is 0 Å². The Hall–Kier alpha value is -0.610. The van der Waals surface area contributed by atoms with Gasteiger partial charge in [-0.25, -0.2) is 0 Å². The highest BCUT2D eigenvalue weighted by Gasteiger charge is 2.27. The summed E-state index contributed by atoms with van der Waals surface area (Å²) >= 11 is 0. The molecule has 116 valence electrons. The van der Waals surface area contributed by atoms with Crippen molar-refractivity contribution in [1.82, 2.24) is 9.80 Å². The molecule has 2 saturated heterocycles. The Morgan fingerprint density at radius 1 is 1.15 bits per heavy atom. The van der Waals surface area contributed by atoms with E-state index in [1.165, 1.54) is 51.9 Å². The molecule has 2 aliphatic rings. The maximum Gasteiger partial charge on any atom is 0.305 e. The van der Waals surface area contributed by atoms with Crippen molar-refractivity contribution in [2.24, 2.45) is 0 Å². The van der Waals surface area contributed by atoms with E-state index < -0.39 is 0 Å². The lowest BCUT2D eigenvalue weighted by atomic mass is 10.1. The van der Waals surface area contributed by atoms with Crippen molar-refractivity contribution in [2.75, 3.05) is 39.3 Å². The van der Waals surface area contributed by atoms with Gasteiger partial charge in [-0.2, -0.15) is 0 Å². The summed E-state index contributed by atoms with van der Waals surface area (Å²) in [5, 5.41) is 0. The summed E-state index contributed by atoms with van der Waals surface area (Å²) in [4.78, 5) is 16.5. The van der Waals surface area contributed by atoms with Crippen LogP contribution in [0.25, 0.3) is 0 Å². The highest BCUT2D eigenvalue weighted by Crippen LogP contribution is 2.20. The first-order valence-corrected chi connectivity index (χ1v) is 8.41. The van der Waals surface area contributed by atoms with Gasteiger partial charge in [0.15, 0.2) is 0 Å². The predicted molar refractivity (Wildman–Crippen MR) is 80.8 cm³/mol. The molecule has 0 aromatic carbocycles. The molecular weight excluding hydrogens is 252 g/mol. The van der Waals surface area contributed by atoms with E-state index in [1.54, 1.807) is 0 Å². The molecule has 0 N–H and O–H groups in total.